The summed E-state index contributed by atoms with van der Waals surface area (Å²) in [6.45, 7) is 5.35. The second-order valence-corrected chi connectivity index (χ2v) is 8.18. The Kier molecular flexibility index (Phi) is 4.91. The fourth-order valence-electron chi connectivity index (χ4n) is 3.30. The highest BCUT2D eigenvalue weighted by atomic mass is 35.5. The molecule has 0 radical (unpaired) electrons. The summed E-state index contributed by atoms with van der Waals surface area (Å²) in [5.74, 6) is -0.296. The van der Waals surface area contributed by atoms with Crippen molar-refractivity contribution < 1.29 is 14.3 Å². The monoisotopic (exact) mass is 386 g/mol. The molecule has 142 valence electrons. The number of anilines is 1. The molecule has 6 heteroatoms. The molecular weight excluding hydrogens is 364 g/mol. The summed E-state index contributed by atoms with van der Waals surface area (Å²) < 4.78 is 5.41. The maximum Gasteiger partial charge on any atom is 0.408 e. The molecule has 1 N–H and O–H groups in total. The highest BCUT2D eigenvalue weighted by Gasteiger charge is 2.55. The topological polar surface area (TPSA) is 58.6 Å². The fourth-order valence-corrected chi connectivity index (χ4v) is 3.77. The van der Waals surface area contributed by atoms with Gasteiger partial charge in [0.2, 0.25) is 0 Å². The number of carbonyl (C=O) groups excluding carboxylic acids is 2. The molecule has 2 aromatic carbocycles. The molecule has 1 heterocycles. The van der Waals surface area contributed by atoms with Crippen molar-refractivity contribution in [3.63, 3.8) is 0 Å². The summed E-state index contributed by atoms with van der Waals surface area (Å²) >= 11 is 7.00. The van der Waals surface area contributed by atoms with Crippen LogP contribution in [0.4, 0.5) is 10.5 Å². The van der Waals surface area contributed by atoms with Gasteiger partial charge >= 0.3 is 6.09 Å². The summed E-state index contributed by atoms with van der Waals surface area (Å²) in [6, 6.07) is 15.8. The van der Waals surface area contributed by atoms with Crippen LogP contribution in [-0.2, 0) is 14.4 Å². The molecule has 0 aromatic heterocycles. The van der Waals surface area contributed by atoms with E-state index in [4.69, 9.17) is 16.3 Å². The number of fused-ring (bicyclic) bond motifs is 1. The van der Waals surface area contributed by atoms with Crippen LogP contribution in [0, 0.1) is 0 Å². The molecule has 2 aromatic rings. The quantitative estimate of drug-likeness (QED) is 0.797. The molecule has 0 aliphatic carbocycles. The van der Waals surface area contributed by atoms with Gasteiger partial charge in [0.05, 0.1) is 6.04 Å². The largest absolute Gasteiger partial charge is 0.444 e. The average Bonchev–Trinajstić information content (AvgIpc) is 2.82. The average molecular weight is 387 g/mol. The number of alkyl carbamates (subject to hydrolysis) is 1. The first-order valence-electron chi connectivity index (χ1n) is 8.75. The third kappa shape index (κ3) is 3.52. The minimum absolute atomic E-state index is 0.296. The number of halogens is 1. The molecule has 5 nitrogen and oxygen atoms in total. The minimum atomic E-state index is -1.47. The second kappa shape index (κ2) is 6.89. The zero-order chi connectivity index (χ0) is 19.8. The highest BCUT2D eigenvalue weighted by molar-refractivity contribution is 6.40. The SMILES string of the molecule is CN1C(=O)[C@@](Cl)([C@@H](NC(=O)OC(C)(C)C)c2ccccc2)c2ccccc21. The van der Waals surface area contributed by atoms with Gasteiger partial charge in [-0.3, -0.25) is 4.79 Å². The van der Waals surface area contributed by atoms with Crippen molar-refractivity contribution in [3.05, 3.63) is 65.7 Å². The normalized spacial score (nSPS) is 20.2. The first-order valence-corrected chi connectivity index (χ1v) is 9.13. The van der Waals surface area contributed by atoms with Gasteiger partial charge in [-0.25, -0.2) is 4.79 Å². The van der Waals surface area contributed by atoms with Crippen molar-refractivity contribution >= 4 is 29.3 Å². The molecule has 0 saturated heterocycles. The zero-order valence-electron chi connectivity index (χ0n) is 15.8. The summed E-state index contributed by atoms with van der Waals surface area (Å²) in [7, 11) is 1.68. The predicted octanol–water partition coefficient (Wildman–Crippen LogP) is 4.36. The van der Waals surface area contributed by atoms with Crippen molar-refractivity contribution in [2.75, 3.05) is 11.9 Å². The molecule has 27 heavy (non-hydrogen) atoms. The summed E-state index contributed by atoms with van der Waals surface area (Å²) in [6.07, 6.45) is -0.629. The standard InChI is InChI=1S/C21H23ClN2O3/c1-20(2,3)27-19(26)23-17(14-10-6-5-7-11-14)21(22)15-12-8-9-13-16(15)24(4)18(21)25/h5-13,17H,1-4H3,(H,23,26)/t17-,21-/m0/s1. The molecule has 0 spiro atoms. The fraction of sp³-hybridized carbons (Fsp3) is 0.333. The van der Waals surface area contributed by atoms with Crippen LogP contribution in [0.1, 0.15) is 37.9 Å². The lowest BCUT2D eigenvalue weighted by atomic mass is 9.87. The number of alkyl halides is 1. The minimum Gasteiger partial charge on any atom is -0.444 e. The Morgan fingerprint density at radius 3 is 2.33 bits per heavy atom. The van der Waals surface area contributed by atoms with Gasteiger partial charge in [0.25, 0.3) is 5.91 Å². The van der Waals surface area contributed by atoms with E-state index in [0.717, 1.165) is 11.3 Å². The van der Waals surface area contributed by atoms with E-state index in [1.54, 1.807) is 27.8 Å². The lowest BCUT2D eigenvalue weighted by Crippen LogP contribution is -2.47. The molecule has 2 atom stereocenters. The Labute approximate surface area is 164 Å². The number of nitrogens with one attached hydrogen (secondary N) is 1. The van der Waals surface area contributed by atoms with E-state index >= 15 is 0 Å². The highest BCUT2D eigenvalue weighted by Crippen LogP contribution is 2.51. The number of hydrogen-bond acceptors (Lipinski definition) is 3. The van der Waals surface area contributed by atoms with Crippen molar-refractivity contribution in [2.45, 2.75) is 37.3 Å². The summed E-state index contributed by atoms with van der Waals surface area (Å²) in [5, 5.41) is 2.82. The third-order valence-corrected chi connectivity index (χ3v) is 5.05. The molecule has 0 fully saturated rings. The number of amides is 2. The molecule has 3 rings (SSSR count). The number of rotatable bonds is 3. The van der Waals surface area contributed by atoms with Gasteiger partial charge in [-0.1, -0.05) is 48.5 Å². The van der Waals surface area contributed by atoms with Crippen LogP contribution in [0.15, 0.2) is 54.6 Å². The number of ether oxygens (including phenoxy) is 1. The number of carbonyl (C=O) groups is 2. The van der Waals surface area contributed by atoms with Gasteiger partial charge in [0.1, 0.15) is 5.60 Å². The van der Waals surface area contributed by atoms with Crippen molar-refractivity contribution in [3.8, 4) is 0 Å². The Bertz CT molecular complexity index is 863. The lowest BCUT2D eigenvalue weighted by Gasteiger charge is -2.32. The van der Waals surface area contributed by atoms with E-state index in [0.29, 0.717) is 5.56 Å². The van der Waals surface area contributed by atoms with Gasteiger partial charge in [-0.15, -0.1) is 11.6 Å². The van der Waals surface area contributed by atoms with E-state index in [9.17, 15) is 9.59 Å². The molecule has 1 aliphatic heterocycles. The van der Waals surface area contributed by atoms with Gasteiger partial charge in [0.15, 0.2) is 4.87 Å². The van der Waals surface area contributed by atoms with Gasteiger partial charge < -0.3 is 15.0 Å². The molecule has 2 amide bonds. The number of likely N-dealkylation sites (N-methyl/N-ethyl adjacent to an activating group) is 1. The van der Waals surface area contributed by atoms with E-state index in [1.807, 2.05) is 54.6 Å². The van der Waals surface area contributed by atoms with E-state index in [1.165, 1.54) is 4.90 Å². The first-order chi connectivity index (χ1) is 12.6. The van der Waals surface area contributed by atoms with Crippen LogP contribution in [0.25, 0.3) is 0 Å². The molecule has 0 saturated carbocycles. The lowest BCUT2D eigenvalue weighted by molar-refractivity contribution is -0.121. The summed E-state index contributed by atoms with van der Waals surface area (Å²) in [4.78, 5) is 25.7. The van der Waals surface area contributed by atoms with Crippen molar-refractivity contribution in [2.24, 2.45) is 0 Å². The molecule has 1 aliphatic rings. The van der Waals surface area contributed by atoms with Crippen LogP contribution >= 0.6 is 11.6 Å². The van der Waals surface area contributed by atoms with Crippen LogP contribution in [-0.4, -0.2) is 24.6 Å². The maximum atomic E-state index is 13.2. The zero-order valence-corrected chi connectivity index (χ0v) is 16.6. The van der Waals surface area contributed by atoms with E-state index in [-0.39, 0.29) is 5.91 Å². The predicted molar refractivity (Wildman–Crippen MR) is 106 cm³/mol. The number of hydrogen-bond donors (Lipinski definition) is 1. The number of benzene rings is 2. The third-order valence-electron chi connectivity index (χ3n) is 4.47. The maximum absolute atomic E-state index is 13.2. The Morgan fingerprint density at radius 1 is 1.11 bits per heavy atom. The van der Waals surface area contributed by atoms with Crippen LogP contribution in [0.3, 0.4) is 0 Å². The molecular formula is C21H23ClN2O3. The first kappa shape index (κ1) is 19.2. The van der Waals surface area contributed by atoms with E-state index < -0.39 is 22.6 Å². The molecule has 0 unspecified atom stereocenters. The molecule has 0 bridgehead atoms. The van der Waals surface area contributed by atoms with Crippen LogP contribution in [0.2, 0.25) is 0 Å². The van der Waals surface area contributed by atoms with Crippen molar-refractivity contribution in [1.82, 2.24) is 5.32 Å². The Hall–Kier alpha value is -2.53. The second-order valence-electron chi connectivity index (χ2n) is 7.58. The number of nitrogens with zero attached hydrogens (tertiary/aromatic N) is 1. The van der Waals surface area contributed by atoms with Crippen molar-refractivity contribution in [1.29, 1.82) is 0 Å². The van der Waals surface area contributed by atoms with E-state index in [2.05, 4.69) is 5.32 Å². The Morgan fingerprint density at radius 2 is 1.70 bits per heavy atom. The van der Waals surface area contributed by atoms with Gasteiger partial charge in [-0.05, 0) is 32.4 Å². The van der Waals surface area contributed by atoms with Crippen LogP contribution < -0.4 is 10.2 Å². The number of para-hydroxylation sites is 1. The van der Waals surface area contributed by atoms with Crippen LogP contribution in [0.5, 0.6) is 0 Å². The Balaban J connectivity index is 2.08. The summed E-state index contributed by atoms with van der Waals surface area (Å²) in [5.41, 5.74) is 1.43. The van der Waals surface area contributed by atoms with Gasteiger partial charge in [-0.2, -0.15) is 0 Å². The van der Waals surface area contributed by atoms with Gasteiger partial charge in [0, 0.05) is 18.3 Å². The smallest absolute Gasteiger partial charge is 0.408 e.